The number of carbonyl (C=O) groups is 3. The molecule has 0 radical (unpaired) electrons. The molecule has 1 aliphatic rings. The Morgan fingerprint density at radius 1 is 0.903 bits per heavy atom. The van der Waals surface area contributed by atoms with Crippen molar-refractivity contribution >= 4 is 23.4 Å². The van der Waals surface area contributed by atoms with Gasteiger partial charge in [0.1, 0.15) is 5.75 Å². The molecular weight excluding hydrogens is 434 g/mol. The van der Waals surface area contributed by atoms with Crippen LogP contribution in [-0.4, -0.2) is 36.3 Å². The number of amides is 3. The molecule has 0 saturated carbocycles. The summed E-state index contributed by atoms with van der Waals surface area (Å²) in [6.45, 7) is -0.900. The van der Waals surface area contributed by atoms with Crippen LogP contribution in [0.3, 0.4) is 0 Å². The number of hydrogen-bond acceptors (Lipinski definition) is 4. The number of carbonyl (C=O) groups excluding carboxylic acids is 3. The van der Waals surface area contributed by atoms with E-state index in [1.54, 1.807) is 0 Å². The first-order chi connectivity index (χ1) is 14.3. The van der Waals surface area contributed by atoms with E-state index >= 15 is 0 Å². The van der Waals surface area contributed by atoms with Gasteiger partial charge < -0.3 is 10.1 Å². The molecule has 0 bridgehead atoms. The molecule has 6 nitrogen and oxygen atoms in total. The van der Waals surface area contributed by atoms with Gasteiger partial charge in [-0.25, -0.2) is 0 Å². The van der Waals surface area contributed by atoms with Crippen molar-refractivity contribution in [2.45, 2.75) is 12.4 Å². The number of hydrogen-bond donors (Lipinski definition) is 1. The number of rotatable bonds is 4. The molecule has 0 aliphatic carbocycles. The first-order valence-electron chi connectivity index (χ1n) is 8.46. The molecule has 1 aliphatic heterocycles. The maximum Gasteiger partial charge on any atom is 0.416 e. The van der Waals surface area contributed by atoms with Gasteiger partial charge in [-0.1, -0.05) is 0 Å². The number of halogens is 6. The smallest absolute Gasteiger partial charge is 0.416 e. The second-order valence-corrected chi connectivity index (χ2v) is 6.51. The fraction of sp³-hybridized carbons (Fsp3) is 0.211. The molecule has 3 amide bonds. The van der Waals surface area contributed by atoms with Gasteiger partial charge in [-0.15, -0.1) is 0 Å². The minimum atomic E-state index is -5.05. The minimum Gasteiger partial charge on any atom is -0.484 e. The van der Waals surface area contributed by atoms with Crippen molar-refractivity contribution in [2.24, 2.45) is 0 Å². The largest absolute Gasteiger partial charge is 0.484 e. The second-order valence-electron chi connectivity index (χ2n) is 6.51. The van der Waals surface area contributed by atoms with Gasteiger partial charge in [-0.05, 0) is 36.4 Å². The van der Waals surface area contributed by atoms with Crippen molar-refractivity contribution in [3.8, 4) is 5.75 Å². The van der Waals surface area contributed by atoms with Crippen molar-refractivity contribution in [3.05, 3.63) is 58.7 Å². The summed E-state index contributed by atoms with van der Waals surface area (Å²) < 4.78 is 82.0. The Bertz CT molecular complexity index is 1050. The van der Waals surface area contributed by atoms with Gasteiger partial charge in [-0.3, -0.25) is 19.3 Å². The van der Waals surface area contributed by atoms with E-state index in [1.165, 1.54) is 25.2 Å². The Hall–Kier alpha value is -3.57. The lowest BCUT2D eigenvalue weighted by atomic mass is 10.1. The molecule has 1 heterocycles. The summed E-state index contributed by atoms with van der Waals surface area (Å²) in [5, 5.41) is 2.29. The van der Waals surface area contributed by atoms with Crippen molar-refractivity contribution in [3.63, 3.8) is 0 Å². The number of nitrogens with zero attached hydrogens (tertiary/aromatic N) is 1. The first-order valence-corrected chi connectivity index (χ1v) is 8.46. The van der Waals surface area contributed by atoms with Crippen LogP contribution in [0.4, 0.5) is 32.0 Å². The van der Waals surface area contributed by atoms with Crippen LogP contribution in [0.5, 0.6) is 5.75 Å². The number of fused-ring (bicyclic) bond motifs is 1. The number of nitrogens with one attached hydrogen (secondary N) is 1. The molecule has 12 heteroatoms. The van der Waals surface area contributed by atoms with Gasteiger partial charge in [0.15, 0.2) is 6.61 Å². The summed E-state index contributed by atoms with van der Waals surface area (Å²) in [6.07, 6.45) is -10.1. The summed E-state index contributed by atoms with van der Waals surface area (Å²) in [4.78, 5) is 36.7. The molecular formula is C19H12F6N2O4. The predicted octanol–water partition coefficient (Wildman–Crippen LogP) is 3.97. The Kier molecular flexibility index (Phi) is 5.42. The fourth-order valence-electron chi connectivity index (χ4n) is 2.79. The summed E-state index contributed by atoms with van der Waals surface area (Å²) in [7, 11) is 1.28. The Morgan fingerprint density at radius 3 is 2.00 bits per heavy atom. The van der Waals surface area contributed by atoms with Crippen LogP contribution in [0.25, 0.3) is 0 Å². The second kappa shape index (κ2) is 7.60. The van der Waals surface area contributed by atoms with Crippen molar-refractivity contribution in [1.29, 1.82) is 0 Å². The lowest BCUT2D eigenvalue weighted by Crippen LogP contribution is -2.24. The van der Waals surface area contributed by atoms with Gasteiger partial charge in [-0.2, -0.15) is 26.3 Å². The zero-order chi connectivity index (χ0) is 23.1. The van der Waals surface area contributed by atoms with Gasteiger partial charge in [0.2, 0.25) is 0 Å². The highest BCUT2D eigenvalue weighted by atomic mass is 19.4. The Balaban J connectivity index is 1.73. The highest BCUT2D eigenvalue weighted by molar-refractivity contribution is 6.21. The molecule has 0 unspecified atom stereocenters. The van der Waals surface area contributed by atoms with E-state index in [9.17, 15) is 40.7 Å². The summed E-state index contributed by atoms with van der Waals surface area (Å²) in [6, 6.07) is 4.47. The third-order valence-corrected chi connectivity index (χ3v) is 4.30. The van der Waals surface area contributed by atoms with E-state index in [1.807, 2.05) is 0 Å². The van der Waals surface area contributed by atoms with E-state index in [0.29, 0.717) is 12.1 Å². The molecule has 1 N–H and O–H groups in total. The van der Waals surface area contributed by atoms with Crippen molar-refractivity contribution in [1.82, 2.24) is 4.90 Å². The minimum absolute atomic E-state index is 0.0407. The van der Waals surface area contributed by atoms with Crippen LogP contribution >= 0.6 is 0 Å². The normalized spacial score (nSPS) is 14.0. The molecule has 0 fully saturated rings. The molecule has 31 heavy (non-hydrogen) atoms. The SMILES string of the molecule is CN1C(=O)c2ccc(NC(=O)COc3cc(C(F)(F)F)cc(C(F)(F)F)c3)cc2C1=O. The molecule has 0 saturated heterocycles. The van der Waals surface area contributed by atoms with E-state index in [0.717, 1.165) is 4.90 Å². The number of imide groups is 1. The molecule has 0 spiro atoms. The first kappa shape index (κ1) is 22.1. The van der Waals surface area contributed by atoms with Crippen LogP contribution in [-0.2, 0) is 17.1 Å². The zero-order valence-electron chi connectivity index (χ0n) is 15.5. The maximum atomic E-state index is 12.9. The Morgan fingerprint density at radius 2 is 1.45 bits per heavy atom. The zero-order valence-corrected chi connectivity index (χ0v) is 15.5. The molecule has 2 aromatic carbocycles. The molecule has 2 aromatic rings. The lowest BCUT2D eigenvalue weighted by molar-refractivity contribution is -0.143. The van der Waals surface area contributed by atoms with Gasteiger partial charge in [0.25, 0.3) is 17.7 Å². The standard InChI is InChI=1S/C19H12F6N2O4/c1-27-16(29)13-3-2-11(7-14(13)17(27)30)26-15(28)8-31-12-5-9(18(20,21)22)4-10(6-12)19(23,24)25/h2-7H,8H2,1H3,(H,26,28). The van der Waals surface area contributed by atoms with Crippen LogP contribution in [0.1, 0.15) is 31.8 Å². The van der Waals surface area contributed by atoms with Crippen LogP contribution in [0, 0.1) is 0 Å². The van der Waals surface area contributed by atoms with E-state index < -0.39 is 53.6 Å². The van der Waals surface area contributed by atoms with Gasteiger partial charge >= 0.3 is 12.4 Å². The van der Waals surface area contributed by atoms with E-state index in [2.05, 4.69) is 5.32 Å². The molecule has 0 aromatic heterocycles. The predicted molar refractivity (Wildman–Crippen MR) is 93.4 cm³/mol. The summed E-state index contributed by atoms with van der Waals surface area (Å²) in [5.41, 5.74) is -2.90. The summed E-state index contributed by atoms with van der Waals surface area (Å²) in [5.74, 6) is -2.81. The highest BCUT2D eigenvalue weighted by Crippen LogP contribution is 2.38. The summed E-state index contributed by atoms with van der Waals surface area (Å²) >= 11 is 0. The molecule has 3 rings (SSSR count). The van der Waals surface area contributed by atoms with Gasteiger partial charge in [0.05, 0.1) is 22.3 Å². The number of anilines is 1. The average Bonchev–Trinajstić information content (AvgIpc) is 2.89. The maximum absolute atomic E-state index is 12.9. The van der Waals surface area contributed by atoms with Crippen LogP contribution in [0.15, 0.2) is 36.4 Å². The molecule has 164 valence electrons. The van der Waals surface area contributed by atoms with Crippen molar-refractivity contribution in [2.75, 3.05) is 19.0 Å². The number of alkyl halides is 6. The monoisotopic (exact) mass is 446 g/mol. The van der Waals surface area contributed by atoms with Crippen molar-refractivity contribution < 1.29 is 45.5 Å². The third kappa shape index (κ3) is 4.62. The van der Waals surface area contributed by atoms with E-state index in [-0.39, 0.29) is 22.9 Å². The third-order valence-electron chi connectivity index (χ3n) is 4.30. The van der Waals surface area contributed by atoms with Crippen LogP contribution < -0.4 is 10.1 Å². The number of ether oxygens (including phenoxy) is 1. The highest BCUT2D eigenvalue weighted by Gasteiger charge is 2.37. The molecule has 0 atom stereocenters. The Labute approximate surface area is 170 Å². The number of benzene rings is 2. The average molecular weight is 446 g/mol. The van der Waals surface area contributed by atoms with Gasteiger partial charge in [0, 0.05) is 12.7 Å². The van der Waals surface area contributed by atoms with E-state index in [4.69, 9.17) is 4.74 Å². The fourth-order valence-corrected chi connectivity index (χ4v) is 2.79. The quantitative estimate of drug-likeness (QED) is 0.570. The lowest BCUT2D eigenvalue weighted by Gasteiger charge is -2.15. The van der Waals surface area contributed by atoms with Crippen LogP contribution in [0.2, 0.25) is 0 Å². The topological polar surface area (TPSA) is 75.7 Å².